The molecule has 0 spiro atoms. The van der Waals surface area contributed by atoms with E-state index in [0.29, 0.717) is 38.3 Å². The molecular formula is C16H23N3O5. The molecule has 2 amide bonds. The number of rotatable bonds is 5. The number of aryl methyl sites for hydroxylation is 1. The van der Waals surface area contributed by atoms with E-state index in [1.165, 1.54) is 6.07 Å². The molecule has 2 rings (SSSR count). The topological polar surface area (TPSA) is 102 Å². The molecule has 1 aromatic heterocycles. The Labute approximate surface area is 140 Å². The van der Waals surface area contributed by atoms with Crippen LogP contribution in [-0.2, 0) is 14.3 Å². The molecule has 8 heteroatoms. The Kier molecular flexibility index (Phi) is 5.94. The van der Waals surface area contributed by atoms with Crippen molar-refractivity contribution in [1.29, 1.82) is 0 Å². The normalized spacial score (nSPS) is 16.5. The van der Waals surface area contributed by atoms with E-state index in [4.69, 9.17) is 9.26 Å². The first-order valence-electron chi connectivity index (χ1n) is 8.12. The summed E-state index contributed by atoms with van der Waals surface area (Å²) in [6.45, 7) is 6.41. The summed E-state index contributed by atoms with van der Waals surface area (Å²) in [7, 11) is 0. The Bertz CT molecular complexity index is 605. The Morgan fingerprint density at radius 2 is 2.08 bits per heavy atom. The van der Waals surface area contributed by atoms with Gasteiger partial charge in [-0.1, -0.05) is 5.16 Å². The van der Waals surface area contributed by atoms with Gasteiger partial charge < -0.3 is 19.5 Å². The average molecular weight is 337 g/mol. The quantitative estimate of drug-likeness (QED) is 0.801. The summed E-state index contributed by atoms with van der Waals surface area (Å²) in [4.78, 5) is 37.8. The molecule has 1 atom stereocenters. The van der Waals surface area contributed by atoms with Gasteiger partial charge in [0.1, 0.15) is 11.8 Å². The van der Waals surface area contributed by atoms with Gasteiger partial charge in [-0.05, 0) is 33.6 Å². The van der Waals surface area contributed by atoms with Crippen LogP contribution in [0.4, 0.5) is 0 Å². The fourth-order valence-electron chi connectivity index (χ4n) is 2.68. The van der Waals surface area contributed by atoms with E-state index < -0.39 is 11.9 Å². The number of esters is 1. The number of aromatic nitrogens is 1. The van der Waals surface area contributed by atoms with Crippen LogP contribution in [0.3, 0.4) is 0 Å². The van der Waals surface area contributed by atoms with E-state index in [-0.39, 0.29) is 23.5 Å². The second-order valence-corrected chi connectivity index (χ2v) is 5.87. The minimum absolute atomic E-state index is 0.146. The van der Waals surface area contributed by atoms with E-state index in [1.54, 1.807) is 25.7 Å². The third-order valence-corrected chi connectivity index (χ3v) is 4.01. The molecule has 1 saturated heterocycles. The van der Waals surface area contributed by atoms with Gasteiger partial charge in [0.2, 0.25) is 5.91 Å². The van der Waals surface area contributed by atoms with Gasteiger partial charge in [-0.2, -0.15) is 0 Å². The van der Waals surface area contributed by atoms with Crippen LogP contribution in [0.15, 0.2) is 10.6 Å². The molecule has 8 nitrogen and oxygen atoms in total. The smallest absolute Gasteiger partial charge is 0.309 e. The third kappa shape index (κ3) is 4.33. The summed E-state index contributed by atoms with van der Waals surface area (Å²) >= 11 is 0. The van der Waals surface area contributed by atoms with Gasteiger partial charge in [0, 0.05) is 19.2 Å². The average Bonchev–Trinajstić information content (AvgIpc) is 3.01. The van der Waals surface area contributed by atoms with Gasteiger partial charge in [-0.15, -0.1) is 0 Å². The highest BCUT2D eigenvalue weighted by atomic mass is 16.5. The predicted molar refractivity (Wildman–Crippen MR) is 84.1 cm³/mol. The number of hydrogen-bond acceptors (Lipinski definition) is 6. The van der Waals surface area contributed by atoms with Crippen LogP contribution in [0.2, 0.25) is 0 Å². The summed E-state index contributed by atoms with van der Waals surface area (Å²) in [5.74, 6) is -0.454. The molecule has 0 aromatic carbocycles. The highest BCUT2D eigenvalue weighted by Crippen LogP contribution is 2.19. The second kappa shape index (κ2) is 7.94. The molecule has 132 valence electrons. The molecule has 1 aromatic rings. The van der Waals surface area contributed by atoms with Gasteiger partial charge in [-0.25, -0.2) is 0 Å². The van der Waals surface area contributed by atoms with Crippen LogP contribution >= 0.6 is 0 Å². The van der Waals surface area contributed by atoms with Gasteiger partial charge in [0.15, 0.2) is 5.69 Å². The van der Waals surface area contributed by atoms with Crippen molar-refractivity contribution in [2.24, 2.45) is 5.92 Å². The molecule has 1 unspecified atom stereocenters. The monoisotopic (exact) mass is 337 g/mol. The maximum absolute atomic E-state index is 12.4. The van der Waals surface area contributed by atoms with Crippen molar-refractivity contribution in [3.05, 3.63) is 17.5 Å². The van der Waals surface area contributed by atoms with Gasteiger partial charge in [0.25, 0.3) is 5.91 Å². The van der Waals surface area contributed by atoms with Gasteiger partial charge >= 0.3 is 5.97 Å². The summed E-state index contributed by atoms with van der Waals surface area (Å²) in [6, 6.07) is 0.839. The minimum Gasteiger partial charge on any atom is -0.466 e. The first-order valence-corrected chi connectivity index (χ1v) is 8.12. The first kappa shape index (κ1) is 18.0. The number of amides is 2. The lowest BCUT2D eigenvalue weighted by atomic mass is 9.96. The van der Waals surface area contributed by atoms with E-state index in [9.17, 15) is 14.4 Å². The number of piperidine rings is 1. The molecule has 0 bridgehead atoms. The van der Waals surface area contributed by atoms with Crippen LogP contribution < -0.4 is 5.32 Å². The van der Waals surface area contributed by atoms with E-state index in [2.05, 4.69) is 10.5 Å². The maximum atomic E-state index is 12.4. The van der Waals surface area contributed by atoms with Gasteiger partial charge in [0.05, 0.1) is 12.5 Å². The molecule has 0 saturated carbocycles. The number of nitrogens with zero attached hydrogens (tertiary/aromatic N) is 2. The summed E-state index contributed by atoms with van der Waals surface area (Å²) in [5, 5.41) is 6.24. The molecule has 2 heterocycles. The standard InChI is InChI=1S/C16H23N3O5/c1-4-23-16(22)12-5-7-19(8-6-12)15(21)11(3)17-14(20)13-9-10(2)24-18-13/h9,11-12H,4-8H2,1-3H3,(H,17,20). The van der Waals surface area contributed by atoms with Crippen molar-refractivity contribution in [3.63, 3.8) is 0 Å². The SMILES string of the molecule is CCOC(=O)C1CCN(C(=O)C(C)NC(=O)c2cc(C)on2)CC1. The Balaban J connectivity index is 1.83. The molecule has 1 aliphatic heterocycles. The lowest BCUT2D eigenvalue weighted by Gasteiger charge is -2.32. The second-order valence-electron chi connectivity index (χ2n) is 5.87. The van der Waals surface area contributed by atoms with Crippen molar-refractivity contribution in [2.45, 2.75) is 39.7 Å². The molecular weight excluding hydrogens is 314 g/mol. The van der Waals surface area contributed by atoms with E-state index in [0.717, 1.165) is 0 Å². The molecule has 1 fully saturated rings. The number of nitrogens with one attached hydrogen (secondary N) is 1. The Morgan fingerprint density at radius 3 is 2.62 bits per heavy atom. The van der Waals surface area contributed by atoms with Crippen LogP contribution in [0.5, 0.6) is 0 Å². The zero-order valence-electron chi connectivity index (χ0n) is 14.2. The van der Waals surface area contributed by atoms with Crippen molar-refractivity contribution in [1.82, 2.24) is 15.4 Å². The highest BCUT2D eigenvalue weighted by Gasteiger charge is 2.30. The number of carbonyl (C=O) groups is 3. The van der Waals surface area contributed by atoms with Crippen molar-refractivity contribution in [3.8, 4) is 0 Å². The summed E-state index contributed by atoms with van der Waals surface area (Å²) in [5.41, 5.74) is 0.146. The highest BCUT2D eigenvalue weighted by molar-refractivity contribution is 5.96. The van der Waals surface area contributed by atoms with Crippen LogP contribution in [0, 0.1) is 12.8 Å². The summed E-state index contributed by atoms with van der Waals surface area (Å²) < 4.78 is 9.86. The number of carbonyl (C=O) groups excluding carboxylic acids is 3. The van der Waals surface area contributed by atoms with Crippen LogP contribution in [0.1, 0.15) is 42.9 Å². The molecule has 0 radical (unpaired) electrons. The molecule has 1 aliphatic rings. The number of likely N-dealkylation sites (tertiary alicyclic amines) is 1. The molecule has 24 heavy (non-hydrogen) atoms. The fourth-order valence-corrected chi connectivity index (χ4v) is 2.68. The van der Waals surface area contributed by atoms with E-state index in [1.807, 2.05) is 0 Å². The number of ether oxygens (including phenoxy) is 1. The number of hydrogen-bond donors (Lipinski definition) is 1. The van der Waals surface area contributed by atoms with Crippen molar-refractivity contribution >= 4 is 17.8 Å². The van der Waals surface area contributed by atoms with E-state index >= 15 is 0 Å². The van der Waals surface area contributed by atoms with Crippen molar-refractivity contribution in [2.75, 3.05) is 19.7 Å². The Morgan fingerprint density at radius 1 is 1.42 bits per heavy atom. The van der Waals surface area contributed by atoms with Crippen molar-refractivity contribution < 1.29 is 23.6 Å². The minimum atomic E-state index is -0.673. The predicted octanol–water partition coefficient (Wildman–Crippen LogP) is 0.903. The zero-order chi connectivity index (χ0) is 17.7. The van der Waals surface area contributed by atoms with Gasteiger partial charge in [-0.3, -0.25) is 14.4 Å². The van der Waals surface area contributed by atoms with Crippen LogP contribution in [-0.4, -0.2) is 53.6 Å². The summed E-state index contributed by atoms with van der Waals surface area (Å²) in [6.07, 6.45) is 1.15. The largest absolute Gasteiger partial charge is 0.466 e. The maximum Gasteiger partial charge on any atom is 0.309 e. The lowest BCUT2D eigenvalue weighted by Crippen LogP contribution is -2.50. The van der Waals surface area contributed by atoms with Crippen LogP contribution in [0.25, 0.3) is 0 Å². The molecule has 1 N–H and O–H groups in total. The third-order valence-electron chi connectivity index (χ3n) is 4.01. The zero-order valence-corrected chi connectivity index (χ0v) is 14.2. The fraction of sp³-hybridized carbons (Fsp3) is 0.625. The first-order chi connectivity index (χ1) is 11.4. The lowest BCUT2D eigenvalue weighted by molar-refractivity contribution is -0.151. The Hall–Kier alpha value is -2.38. The molecule has 0 aliphatic carbocycles.